The molecule has 2 N–H and O–H groups in total. The summed E-state index contributed by atoms with van der Waals surface area (Å²) in [5, 5.41) is 0. The van der Waals surface area contributed by atoms with Crippen LogP contribution in [0.15, 0.2) is 0 Å². The highest BCUT2D eigenvalue weighted by Gasteiger charge is 2.36. The van der Waals surface area contributed by atoms with Gasteiger partial charge >= 0.3 is 6.09 Å². The van der Waals surface area contributed by atoms with Crippen molar-refractivity contribution in [3.63, 3.8) is 0 Å². The van der Waals surface area contributed by atoms with E-state index < -0.39 is 5.60 Å². The van der Waals surface area contributed by atoms with Crippen LogP contribution in [0.2, 0.25) is 0 Å². The predicted molar refractivity (Wildman–Crippen MR) is 90.4 cm³/mol. The van der Waals surface area contributed by atoms with Gasteiger partial charge in [0.25, 0.3) is 0 Å². The Morgan fingerprint density at radius 3 is 2.39 bits per heavy atom. The zero-order valence-corrected chi connectivity index (χ0v) is 15.1. The van der Waals surface area contributed by atoms with Gasteiger partial charge in [-0.1, -0.05) is 0 Å². The van der Waals surface area contributed by atoms with Crippen LogP contribution in [0, 0.1) is 0 Å². The van der Waals surface area contributed by atoms with Crippen molar-refractivity contribution in [1.82, 2.24) is 9.80 Å². The third-order valence-corrected chi connectivity index (χ3v) is 4.75. The Morgan fingerprint density at radius 2 is 1.83 bits per heavy atom. The van der Waals surface area contributed by atoms with Crippen LogP contribution in [-0.4, -0.2) is 73.0 Å². The number of nitrogens with two attached hydrogens (primary N) is 1. The quantitative estimate of drug-likeness (QED) is 0.856. The van der Waals surface area contributed by atoms with Crippen molar-refractivity contribution in [3.05, 3.63) is 0 Å². The largest absolute Gasteiger partial charge is 0.444 e. The lowest BCUT2D eigenvalue weighted by molar-refractivity contribution is -0.0264. The van der Waals surface area contributed by atoms with E-state index in [2.05, 4.69) is 4.90 Å². The summed E-state index contributed by atoms with van der Waals surface area (Å²) in [5.74, 6) is 0. The molecule has 1 aliphatic carbocycles. The Morgan fingerprint density at radius 1 is 1.17 bits per heavy atom. The number of methoxy groups -OCH3 is 1. The molecule has 0 aromatic carbocycles. The number of rotatable bonds is 3. The first kappa shape index (κ1) is 18.5. The number of piperazine rings is 1. The van der Waals surface area contributed by atoms with Gasteiger partial charge < -0.3 is 20.1 Å². The molecule has 0 radical (unpaired) electrons. The molecule has 1 amide bonds. The van der Waals surface area contributed by atoms with E-state index in [1.807, 2.05) is 25.7 Å². The third kappa shape index (κ3) is 5.33. The van der Waals surface area contributed by atoms with Crippen LogP contribution in [-0.2, 0) is 9.47 Å². The predicted octanol–water partition coefficient (Wildman–Crippen LogP) is 1.82. The molecule has 1 atom stereocenters. The molecule has 0 bridgehead atoms. The number of carbonyl (C=O) groups excluding carboxylic acids is 1. The topological polar surface area (TPSA) is 68.0 Å². The van der Waals surface area contributed by atoms with Crippen LogP contribution in [0.1, 0.15) is 46.5 Å². The molecule has 0 unspecified atom stereocenters. The van der Waals surface area contributed by atoms with Crippen molar-refractivity contribution < 1.29 is 14.3 Å². The molecular formula is C17H33N3O3. The van der Waals surface area contributed by atoms with Crippen molar-refractivity contribution in [2.45, 2.75) is 70.2 Å². The van der Waals surface area contributed by atoms with E-state index in [1.165, 1.54) is 0 Å². The monoisotopic (exact) mass is 327 g/mol. The Bertz CT molecular complexity index is 389. The average Bonchev–Trinajstić information content (AvgIpc) is 2.47. The van der Waals surface area contributed by atoms with Gasteiger partial charge in [-0.2, -0.15) is 0 Å². The molecular weight excluding hydrogens is 294 g/mol. The summed E-state index contributed by atoms with van der Waals surface area (Å²) >= 11 is 0. The van der Waals surface area contributed by atoms with E-state index in [1.54, 1.807) is 7.11 Å². The van der Waals surface area contributed by atoms with Crippen molar-refractivity contribution in [2.75, 3.05) is 33.4 Å². The van der Waals surface area contributed by atoms with Crippen LogP contribution in [0.4, 0.5) is 4.79 Å². The second-order valence-electron chi connectivity index (χ2n) is 7.84. The summed E-state index contributed by atoms with van der Waals surface area (Å²) in [6.07, 6.45) is 4.26. The average molecular weight is 327 g/mol. The van der Waals surface area contributed by atoms with E-state index in [-0.39, 0.29) is 12.1 Å². The fourth-order valence-corrected chi connectivity index (χ4v) is 3.62. The number of hydrogen-bond donors (Lipinski definition) is 1. The molecule has 1 aliphatic heterocycles. The minimum absolute atomic E-state index is 0.219. The Hall–Kier alpha value is -0.850. The molecule has 2 fully saturated rings. The number of amides is 1. The van der Waals surface area contributed by atoms with E-state index >= 15 is 0 Å². The lowest BCUT2D eigenvalue weighted by atomic mass is 9.89. The van der Waals surface area contributed by atoms with Crippen LogP contribution in [0.3, 0.4) is 0 Å². The minimum Gasteiger partial charge on any atom is -0.444 e. The second-order valence-corrected chi connectivity index (χ2v) is 7.84. The SMILES string of the molecule is COC[C@H]1CN(C(=O)OC(C)(C)C)CCN1C1CCC(N)CC1. The van der Waals surface area contributed by atoms with Crippen molar-refractivity contribution in [3.8, 4) is 0 Å². The standard InChI is InChI=1S/C17H33N3O3/c1-17(2,3)23-16(21)19-9-10-20(15(11-19)12-22-4)14-7-5-13(18)6-8-14/h13-15H,5-12,18H2,1-4H3/t13?,14?,15-/m1/s1. The number of carbonyl (C=O) groups is 1. The smallest absolute Gasteiger partial charge is 0.410 e. The first-order chi connectivity index (χ1) is 10.8. The van der Waals surface area contributed by atoms with Crippen LogP contribution >= 0.6 is 0 Å². The van der Waals surface area contributed by atoms with Gasteiger partial charge in [0.2, 0.25) is 0 Å². The molecule has 0 aromatic rings. The summed E-state index contributed by atoms with van der Waals surface area (Å²) in [4.78, 5) is 16.7. The zero-order chi connectivity index (χ0) is 17.0. The molecule has 1 heterocycles. The number of hydrogen-bond acceptors (Lipinski definition) is 5. The van der Waals surface area contributed by atoms with Gasteiger partial charge in [-0.05, 0) is 46.5 Å². The highest BCUT2D eigenvalue weighted by Crippen LogP contribution is 2.26. The highest BCUT2D eigenvalue weighted by atomic mass is 16.6. The summed E-state index contributed by atoms with van der Waals surface area (Å²) in [6, 6.07) is 1.16. The van der Waals surface area contributed by atoms with Gasteiger partial charge in [-0.25, -0.2) is 4.79 Å². The first-order valence-electron chi connectivity index (χ1n) is 8.78. The summed E-state index contributed by atoms with van der Waals surface area (Å²) in [7, 11) is 1.72. The zero-order valence-electron chi connectivity index (χ0n) is 15.1. The van der Waals surface area contributed by atoms with E-state index in [9.17, 15) is 4.79 Å². The third-order valence-electron chi connectivity index (χ3n) is 4.75. The lowest BCUT2D eigenvalue weighted by Crippen LogP contribution is -2.60. The fourth-order valence-electron chi connectivity index (χ4n) is 3.62. The van der Waals surface area contributed by atoms with Crippen LogP contribution in [0.5, 0.6) is 0 Å². The first-order valence-corrected chi connectivity index (χ1v) is 8.78. The molecule has 2 rings (SSSR count). The Balaban J connectivity index is 1.95. The molecule has 1 saturated carbocycles. The van der Waals surface area contributed by atoms with Crippen LogP contribution < -0.4 is 5.73 Å². The van der Waals surface area contributed by atoms with E-state index in [0.717, 1.165) is 38.8 Å². The second kappa shape index (κ2) is 7.81. The molecule has 6 heteroatoms. The van der Waals surface area contributed by atoms with Gasteiger partial charge in [-0.15, -0.1) is 0 Å². The van der Waals surface area contributed by atoms with E-state index in [0.29, 0.717) is 25.2 Å². The normalized spacial score (nSPS) is 30.3. The van der Waals surface area contributed by atoms with Gasteiger partial charge in [0.1, 0.15) is 5.60 Å². The molecule has 0 spiro atoms. The van der Waals surface area contributed by atoms with Gasteiger partial charge in [0.05, 0.1) is 12.6 Å². The maximum absolute atomic E-state index is 12.3. The van der Waals surface area contributed by atoms with E-state index in [4.69, 9.17) is 15.2 Å². The molecule has 2 aliphatic rings. The fraction of sp³-hybridized carbons (Fsp3) is 0.941. The molecule has 1 saturated heterocycles. The van der Waals surface area contributed by atoms with Crippen LogP contribution in [0.25, 0.3) is 0 Å². The molecule has 134 valence electrons. The molecule has 6 nitrogen and oxygen atoms in total. The maximum atomic E-state index is 12.3. The maximum Gasteiger partial charge on any atom is 0.410 e. The van der Waals surface area contributed by atoms with Crippen molar-refractivity contribution in [2.24, 2.45) is 5.73 Å². The summed E-state index contributed by atoms with van der Waals surface area (Å²) < 4.78 is 10.9. The Labute approximate surface area is 140 Å². The Kier molecular flexibility index (Phi) is 6.28. The van der Waals surface area contributed by atoms with Gasteiger partial charge in [-0.3, -0.25) is 4.90 Å². The van der Waals surface area contributed by atoms with Crippen molar-refractivity contribution >= 4 is 6.09 Å². The molecule has 0 aromatic heterocycles. The van der Waals surface area contributed by atoms with Gasteiger partial charge in [0, 0.05) is 38.8 Å². The highest BCUT2D eigenvalue weighted by molar-refractivity contribution is 5.68. The lowest BCUT2D eigenvalue weighted by Gasteiger charge is -2.46. The van der Waals surface area contributed by atoms with Crippen molar-refractivity contribution in [1.29, 1.82) is 0 Å². The number of nitrogens with zero attached hydrogens (tertiary/aromatic N) is 2. The van der Waals surface area contributed by atoms with Gasteiger partial charge in [0.15, 0.2) is 0 Å². The summed E-state index contributed by atoms with van der Waals surface area (Å²) in [5.41, 5.74) is 5.57. The molecule has 23 heavy (non-hydrogen) atoms. The summed E-state index contributed by atoms with van der Waals surface area (Å²) in [6.45, 7) is 8.62. The number of ether oxygens (including phenoxy) is 2. The minimum atomic E-state index is -0.454.